The van der Waals surface area contributed by atoms with Crippen molar-refractivity contribution < 1.29 is 9.53 Å². The Balaban J connectivity index is 1.56. The molecule has 0 bridgehead atoms. The maximum Gasteiger partial charge on any atom is 0.219 e. The molecule has 0 saturated carbocycles. The molecule has 1 aromatic heterocycles. The molecule has 1 N–H and O–H groups in total. The Kier molecular flexibility index (Phi) is 7.53. The van der Waals surface area contributed by atoms with Crippen molar-refractivity contribution in [3.8, 4) is 5.75 Å². The fourth-order valence-electron chi connectivity index (χ4n) is 3.27. The first kappa shape index (κ1) is 21.2. The fourth-order valence-corrected chi connectivity index (χ4v) is 3.39. The zero-order valence-corrected chi connectivity index (χ0v) is 17.8. The molecule has 0 spiro atoms. The van der Waals surface area contributed by atoms with Crippen molar-refractivity contribution in [2.24, 2.45) is 0 Å². The second kappa shape index (κ2) is 10.3. The number of aryl methyl sites for hydroxylation is 2. The smallest absolute Gasteiger partial charge is 0.219 e. The van der Waals surface area contributed by atoms with Gasteiger partial charge in [-0.1, -0.05) is 30.7 Å². The molecule has 0 radical (unpaired) electrons. The molecule has 0 aliphatic heterocycles. The standard InChI is InChI=1S/C23H28ClN3O2/c1-3-23(28)25-13-12-22-26-20-8-4-5-9-21(20)27(22)14-6-7-15-29-18-10-11-19(24)17(2)16-18/h4-5,8-11,16H,3,6-7,12-15H2,1-2H3,(H,25,28). The highest BCUT2D eigenvalue weighted by Crippen LogP contribution is 2.21. The molecule has 0 atom stereocenters. The van der Waals surface area contributed by atoms with Gasteiger partial charge in [0.05, 0.1) is 17.6 Å². The Labute approximate surface area is 177 Å². The number of hydrogen-bond acceptors (Lipinski definition) is 3. The third-order valence-electron chi connectivity index (χ3n) is 4.90. The predicted molar refractivity (Wildman–Crippen MR) is 118 cm³/mol. The highest BCUT2D eigenvalue weighted by molar-refractivity contribution is 6.31. The Morgan fingerprint density at radius 2 is 2.03 bits per heavy atom. The number of unbranched alkanes of at least 4 members (excludes halogenated alkanes) is 1. The van der Waals surface area contributed by atoms with Crippen LogP contribution >= 0.6 is 11.6 Å². The lowest BCUT2D eigenvalue weighted by Crippen LogP contribution is -2.25. The van der Waals surface area contributed by atoms with Crippen LogP contribution in [0.15, 0.2) is 42.5 Å². The van der Waals surface area contributed by atoms with E-state index in [1.54, 1.807) is 0 Å². The SMILES string of the molecule is CCC(=O)NCCc1nc2ccccc2n1CCCCOc1ccc(Cl)c(C)c1. The summed E-state index contributed by atoms with van der Waals surface area (Å²) in [7, 11) is 0. The van der Waals surface area contributed by atoms with E-state index in [2.05, 4.69) is 16.0 Å². The minimum atomic E-state index is 0.0715. The summed E-state index contributed by atoms with van der Waals surface area (Å²) in [6.07, 6.45) is 3.16. The Bertz CT molecular complexity index is 968. The molecule has 0 fully saturated rings. The van der Waals surface area contributed by atoms with Gasteiger partial charge in [-0.2, -0.15) is 0 Å². The van der Waals surface area contributed by atoms with Gasteiger partial charge in [0.25, 0.3) is 0 Å². The van der Waals surface area contributed by atoms with E-state index in [1.165, 1.54) is 0 Å². The summed E-state index contributed by atoms with van der Waals surface area (Å²) in [6, 6.07) is 13.9. The lowest BCUT2D eigenvalue weighted by Gasteiger charge is -2.11. The number of aromatic nitrogens is 2. The Morgan fingerprint density at radius 3 is 2.83 bits per heavy atom. The van der Waals surface area contributed by atoms with Crippen LogP contribution in [0.25, 0.3) is 11.0 Å². The molecule has 0 aliphatic carbocycles. The number of amides is 1. The van der Waals surface area contributed by atoms with Crippen LogP contribution in [-0.2, 0) is 17.8 Å². The van der Waals surface area contributed by atoms with E-state index < -0.39 is 0 Å². The molecule has 2 aromatic carbocycles. The Morgan fingerprint density at radius 1 is 1.21 bits per heavy atom. The number of benzene rings is 2. The minimum Gasteiger partial charge on any atom is -0.494 e. The van der Waals surface area contributed by atoms with Crippen LogP contribution in [0.4, 0.5) is 0 Å². The number of nitrogens with one attached hydrogen (secondary N) is 1. The zero-order valence-electron chi connectivity index (χ0n) is 17.1. The Hall–Kier alpha value is -2.53. The summed E-state index contributed by atoms with van der Waals surface area (Å²) >= 11 is 6.06. The number of ether oxygens (including phenoxy) is 1. The number of carbonyl (C=O) groups excluding carboxylic acids is 1. The number of fused-ring (bicyclic) bond motifs is 1. The molecule has 3 aromatic rings. The molecule has 3 rings (SSSR count). The monoisotopic (exact) mass is 413 g/mol. The second-order valence-corrected chi connectivity index (χ2v) is 7.50. The minimum absolute atomic E-state index is 0.0715. The van der Waals surface area contributed by atoms with Gasteiger partial charge in [-0.15, -0.1) is 0 Å². The van der Waals surface area contributed by atoms with Crippen molar-refractivity contribution in [2.45, 2.75) is 46.1 Å². The molecule has 6 heteroatoms. The van der Waals surface area contributed by atoms with Crippen LogP contribution in [0, 0.1) is 6.92 Å². The molecule has 0 aliphatic rings. The first-order chi connectivity index (χ1) is 14.1. The molecule has 0 saturated heterocycles. The van der Waals surface area contributed by atoms with Crippen molar-refractivity contribution in [3.05, 3.63) is 58.9 Å². The number of carbonyl (C=O) groups is 1. The van der Waals surface area contributed by atoms with Gasteiger partial charge in [-0.3, -0.25) is 4.79 Å². The highest BCUT2D eigenvalue weighted by atomic mass is 35.5. The second-order valence-electron chi connectivity index (χ2n) is 7.09. The topological polar surface area (TPSA) is 56.2 Å². The fraction of sp³-hybridized carbons (Fsp3) is 0.391. The van der Waals surface area contributed by atoms with Crippen LogP contribution in [0.1, 0.15) is 37.6 Å². The highest BCUT2D eigenvalue weighted by Gasteiger charge is 2.10. The number of para-hydroxylation sites is 2. The quantitative estimate of drug-likeness (QED) is 0.479. The molecular formula is C23H28ClN3O2. The summed E-state index contributed by atoms with van der Waals surface area (Å²) in [5, 5.41) is 3.69. The van der Waals surface area contributed by atoms with E-state index >= 15 is 0 Å². The van der Waals surface area contributed by atoms with E-state index in [-0.39, 0.29) is 5.91 Å². The normalized spacial score (nSPS) is 11.0. The molecule has 154 valence electrons. The molecule has 5 nitrogen and oxygen atoms in total. The van der Waals surface area contributed by atoms with E-state index in [0.717, 1.165) is 59.0 Å². The summed E-state index contributed by atoms with van der Waals surface area (Å²) < 4.78 is 8.12. The largest absolute Gasteiger partial charge is 0.494 e. The van der Waals surface area contributed by atoms with E-state index in [0.29, 0.717) is 19.6 Å². The summed E-state index contributed by atoms with van der Waals surface area (Å²) in [5.41, 5.74) is 3.16. The maximum absolute atomic E-state index is 11.5. The van der Waals surface area contributed by atoms with Crippen LogP contribution in [0.3, 0.4) is 0 Å². The molecule has 1 heterocycles. The number of halogens is 1. The molecule has 29 heavy (non-hydrogen) atoms. The van der Waals surface area contributed by atoms with Crippen LogP contribution in [0.2, 0.25) is 5.02 Å². The van der Waals surface area contributed by atoms with Crippen LogP contribution in [-0.4, -0.2) is 28.6 Å². The van der Waals surface area contributed by atoms with Gasteiger partial charge in [0.1, 0.15) is 11.6 Å². The van der Waals surface area contributed by atoms with Crippen molar-refractivity contribution in [1.82, 2.24) is 14.9 Å². The van der Waals surface area contributed by atoms with Gasteiger partial charge in [0.15, 0.2) is 0 Å². The van der Waals surface area contributed by atoms with Gasteiger partial charge in [0, 0.05) is 31.0 Å². The third-order valence-corrected chi connectivity index (χ3v) is 5.32. The number of imidazole rings is 1. The van der Waals surface area contributed by atoms with Gasteiger partial charge in [-0.25, -0.2) is 4.98 Å². The molecule has 0 unspecified atom stereocenters. The van der Waals surface area contributed by atoms with Gasteiger partial charge < -0.3 is 14.6 Å². The number of rotatable bonds is 10. The first-order valence-corrected chi connectivity index (χ1v) is 10.6. The van der Waals surface area contributed by atoms with E-state index in [9.17, 15) is 4.79 Å². The zero-order chi connectivity index (χ0) is 20.6. The predicted octanol–water partition coefficient (Wildman–Crippen LogP) is 4.93. The lowest BCUT2D eigenvalue weighted by atomic mass is 10.2. The molecular weight excluding hydrogens is 386 g/mol. The van der Waals surface area contributed by atoms with Crippen molar-refractivity contribution >= 4 is 28.5 Å². The average Bonchev–Trinajstić information content (AvgIpc) is 3.07. The van der Waals surface area contributed by atoms with Crippen LogP contribution < -0.4 is 10.1 Å². The van der Waals surface area contributed by atoms with Crippen molar-refractivity contribution in [3.63, 3.8) is 0 Å². The van der Waals surface area contributed by atoms with Crippen molar-refractivity contribution in [2.75, 3.05) is 13.2 Å². The van der Waals surface area contributed by atoms with Gasteiger partial charge in [-0.05, 0) is 55.7 Å². The summed E-state index contributed by atoms with van der Waals surface area (Å²) in [6.45, 7) is 5.98. The average molecular weight is 414 g/mol. The molecule has 1 amide bonds. The van der Waals surface area contributed by atoms with E-state index in [1.807, 2.05) is 50.2 Å². The summed E-state index contributed by atoms with van der Waals surface area (Å²) in [5.74, 6) is 1.94. The third kappa shape index (κ3) is 5.73. The van der Waals surface area contributed by atoms with Crippen molar-refractivity contribution in [1.29, 1.82) is 0 Å². The van der Waals surface area contributed by atoms with Crippen LogP contribution in [0.5, 0.6) is 5.75 Å². The first-order valence-electron chi connectivity index (χ1n) is 10.2. The summed E-state index contributed by atoms with van der Waals surface area (Å²) in [4.78, 5) is 16.3. The maximum atomic E-state index is 11.5. The van der Waals surface area contributed by atoms with Gasteiger partial charge in [0.2, 0.25) is 5.91 Å². The van der Waals surface area contributed by atoms with E-state index in [4.69, 9.17) is 21.3 Å². The lowest BCUT2D eigenvalue weighted by molar-refractivity contribution is -0.120. The number of hydrogen-bond donors (Lipinski definition) is 1. The van der Waals surface area contributed by atoms with Gasteiger partial charge >= 0.3 is 0 Å². The number of nitrogens with zero attached hydrogens (tertiary/aromatic N) is 2.